The number of aldehydes is 1. The molecule has 5 heterocycles. The molecule has 0 saturated carbocycles. The number of likely N-dealkylation sites (tertiary alicyclic amines) is 1. The number of hydrogen-bond donors (Lipinski definition) is 2. The highest BCUT2D eigenvalue weighted by Crippen LogP contribution is 2.38. The van der Waals surface area contributed by atoms with Gasteiger partial charge in [0, 0.05) is 71.1 Å². The molecule has 12 heteroatoms. The summed E-state index contributed by atoms with van der Waals surface area (Å²) >= 11 is 6.48. The van der Waals surface area contributed by atoms with Crippen LogP contribution >= 0.6 is 11.6 Å². The number of fused-ring (bicyclic) bond motifs is 4. The topological polar surface area (TPSA) is 113 Å². The minimum Gasteiger partial charge on any atom is -0.467 e. The number of likely N-dealkylation sites (N-methyl/N-ethyl adjacent to an activating group) is 1. The number of rotatable bonds is 6. The lowest BCUT2D eigenvalue weighted by molar-refractivity contribution is 0.0937. The Morgan fingerprint density at radius 3 is 2.26 bits per heavy atom. The average Bonchev–Trinajstić information content (AvgIpc) is 3.78. The van der Waals surface area contributed by atoms with Crippen molar-refractivity contribution in [3.63, 3.8) is 0 Å². The lowest BCUT2D eigenvalue weighted by atomic mass is 10.0. The second-order valence-corrected chi connectivity index (χ2v) is 13.3. The van der Waals surface area contributed by atoms with Crippen LogP contribution in [0.3, 0.4) is 0 Å². The highest BCUT2D eigenvalue weighted by atomic mass is 35.5. The van der Waals surface area contributed by atoms with E-state index in [0.29, 0.717) is 45.0 Å². The van der Waals surface area contributed by atoms with Gasteiger partial charge in [0.2, 0.25) is 0 Å². The summed E-state index contributed by atoms with van der Waals surface area (Å²) in [6.45, 7) is 11.6. The molecule has 5 aromatic rings. The molecule has 2 N–H and O–H groups in total. The van der Waals surface area contributed by atoms with Crippen LogP contribution in [0, 0.1) is 5.82 Å². The number of amides is 1. The van der Waals surface area contributed by atoms with Gasteiger partial charge >= 0.3 is 6.01 Å². The lowest BCUT2D eigenvalue weighted by Crippen LogP contribution is -2.51. The molecule has 0 aliphatic carbocycles. The van der Waals surface area contributed by atoms with Crippen molar-refractivity contribution in [2.45, 2.75) is 65.1 Å². The molecule has 3 fully saturated rings. The Morgan fingerprint density at radius 1 is 0.962 bits per heavy atom. The minimum absolute atomic E-state index is 0.0669. The smallest absolute Gasteiger partial charge is 0.318 e. The van der Waals surface area contributed by atoms with Gasteiger partial charge in [-0.2, -0.15) is 9.97 Å². The number of ether oxygens (including phenoxy) is 1. The highest BCUT2D eigenvalue weighted by molar-refractivity contribution is 6.36. The molecule has 8 rings (SSSR count). The Hall–Kier alpha value is -4.71. The summed E-state index contributed by atoms with van der Waals surface area (Å²) in [4.78, 5) is 40.3. The first-order valence-corrected chi connectivity index (χ1v) is 18.8. The van der Waals surface area contributed by atoms with Crippen molar-refractivity contribution in [1.29, 1.82) is 0 Å². The van der Waals surface area contributed by atoms with Gasteiger partial charge in [0.15, 0.2) is 5.82 Å². The summed E-state index contributed by atoms with van der Waals surface area (Å²) in [7, 11) is 3.54. The summed E-state index contributed by atoms with van der Waals surface area (Å²) < 4.78 is 21.3. The van der Waals surface area contributed by atoms with E-state index in [1.165, 1.54) is 7.11 Å². The number of carbonyl (C=O) groups is 2. The number of methoxy groups -OCH3 is 1. The Morgan fingerprint density at radius 2 is 1.64 bits per heavy atom. The molecule has 3 atom stereocenters. The predicted molar refractivity (Wildman–Crippen MR) is 212 cm³/mol. The summed E-state index contributed by atoms with van der Waals surface area (Å²) in [5.74, 6) is 0.0943. The average molecular weight is 742 g/mol. The van der Waals surface area contributed by atoms with E-state index in [9.17, 15) is 9.59 Å². The van der Waals surface area contributed by atoms with Crippen molar-refractivity contribution in [2.75, 3.05) is 45.2 Å². The van der Waals surface area contributed by atoms with Crippen molar-refractivity contribution >= 4 is 51.3 Å². The third kappa shape index (κ3) is 8.92. The second kappa shape index (κ2) is 18.4. The van der Waals surface area contributed by atoms with E-state index in [4.69, 9.17) is 16.3 Å². The first-order valence-electron chi connectivity index (χ1n) is 18.4. The van der Waals surface area contributed by atoms with E-state index in [1.807, 2.05) is 65.1 Å². The van der Waals surface area contributed by atoms with Crippen LogP contribution in [0.1, 0.15) is 67.7 Å². The zero-order chi connectivity index (χ0) is 38.1. The van der Waals surface area contributed by atoms with Crippen LogP contribution in [0.25, 0.3) is 32.9 Å². The Bertz CT molecular complexity index is 2010. The molecular formula is C41H49ClFN7O3. The van der Waals surface area contributed by atoms with Crippen molar-refractivity contribution < 1.29 is 18.7 Å². The van der Waals surface area contributed by atoms with E-state index in [2.05, 4.69) is 35.4 Å². The molecule has 280 valence electrons. The predicted octanol–water partition coefficient (Wildman–Crippen LogP) is 7.57. The van der Waals surface area contributed by atoms with Crippen LogP contribution in [-0.2, 0) is 0 Å². The maximum Gasteiger partial charge on any atom is 0.318 e. The van der Waals surface area contributed by atoms with Crippen molar-refractivity contribution in [3.05, 3.63) is 88.8 Å². The van der Waals surface area contributed by atoms with Crippen LogP contribution in [0.4, 0.5) is 10.2 Å². The zero-order valence-electron chi connectivity index (χ0n) is 31.3. The fraction of sp³-hybridized carbons (Fsp3) is 0.390. The Balaban J connectivity index is 0.000000219. The van der Waals surface area contributed by atoms with Gasteiger partial charge in [-0.15, -0.1) is 0 Å². The molecule has 10 nitrogen and oxygen atoms in total. The summed E-state index contributed by atoms with van der Waals surface area (Å²) in [6, 6.07) is 19.2. The Kier molecular flexibility index (Phi) is 13.7. The maximum absolute atomic E-state index is 16.0. The molecule has 2 aromatic heterocycles. The van der Waals surface area contributed by atoms with E-state index in [0.717, 1.165) is 62.5 Å². The molecule has 3 aliphatic heterocycles. The van der Waals surface area contributed by atoms with Crippen LogP contribution in [-0.4, -0.2) is 90.5 Å². The molecule has 0 spiro atoms. The number of piperazine rings is 1. The van der Waals surface area contributed by atoms with Gasteiger partial charge in [-0.25, -0.2) is 4.39 Å². The molecular weight excluding hydrogens is 693 g/mol. The largest absolute Gasteiger partial charge is 0.467 e. The van der Waals surface area contributed by atoms with Crippen molar-refractivity contribution in [3.8, 4) is 17.3 Å². The standard InChI is InChI=1S/C24H21ClFN5O.C13H16N2O2.2C2H6/c1-32-24-29-22-17(23(30-24)31-11-14-8-9-15(12-31)28-14)10-27-21(20(22)26)16-6-2-4-13-5-3-7-18(25)19(13)16;1-15-7-6-12(8-15)14-13(17)11-4-2-10(9-16)3-5-11;2*1-2/h2-7,10,14-15,28H,8-9,11-12H2,1H3;2-5,9,12H,6-8H2,1H3,(H,14,17);2*1-2H3. The first kappa shape index (κ1) is 39.5. The van der Waals surface area contributed by atoms with Crippen LogP contribution in [0.15, 0.2) is 66.9 Å². The SMILES string of the molecule is CC.CC.CN1CCC(NC(=O)c2ccc(C=O)cc2)C1.COc1nc(N2CC3CCC(C2)N3)c2cnc(-c3cccc4cccc(Cl)c34)c(F)c2n1. The molecule has 3 aliphatic rings. The van der Waals surface area contributed by atoms with Gasteiger partial charge in [0.1, 0.15) is 23.3 Å². The van der Waals surface area contributed by atoms with Gasteiger partial charge in [-0.05, 0) is 56.4 Å². The molecule has 3 saturated heterocycles. The van der Waals surface area contributed by atoms with Crippen molar-refractivity contribution in [1.82, 2.24) is 30.5 Å². The van der Waals surface area contributed by atoms with Gasteiger partial charge in [-0.1, -0.05) is 81.8 Å². The third-order valence-electron chi connectivity index (χ3n) is 9.49. The van der Waals surface area contributed by atoms with E-state index in [1.54, 1.807) is 36.5 Å². The number of anilines is 1. The number of nitrogens with zero attached hydrogens (tertiary/aromatic N) is 5. The molecule has 2 bridgehead atoms. The number of halogens is 2. The van der Waals surface area contributed by atoms with Gasteiger partial charge in [0.05, 0.1) is 12.5 Å². The third-order valence-corrected chi connectivity index (χ3v) is 9.80. The normalized spacial score (nSPS) is 18.9. The summed E-state index contributed by atoms with van der Waals surface area (Å²) in [5.41, 5.74) is 2.23. The van der Waals surface area contributed by atoms with Gasteiger partial charge < -0.3 is 25.2 Å². The van der Waals surface area contributed by atoms with Gasteiger partial charge in [-0.3, -0.25) is 14.6 Å². The number of aromatic nitrogens is 3. The molecule has 53 heavy (non-hydrogen) atoms. The van der Waals surface area contributed by atoms with E-state index >= 15 is 4.39 Å². The molecule has 1 amide bonds. The van der Waals surface area contributed by atoms with Crippen LogP contribution < -0.4 is 20.3 Å². The summed E-state index contributed by atoms with van der Waals surface area (Å²) in [5, 5.41) is 9.43. The number of nitrogens with one attached hydrogen (secondary N) is 2. The Labute approximate surface area is 316 Å². The fourth-order valence-electron chi connectivity index (χ4n) is 7.04. The number of carbonyl (C=O) groups excluding carboxylic acids is 2. The van der Waals surface area contributed by atoms with E-state index < -0.39 is 5.82 Å². The molecule has 3 aromatic carbocycles. The second-order valence-electron chi connectivity index (χ2n) is 12.9. The van der Waals surface area contributed by atoms with Crippen molar-refractivity contribution in [2.24, 2.45) is 0 Å². The fourth-order valence-corrected chi connectivity index (χ4v) is 7.32. The van der Waals surface area contributed by atoms with Crippen LogP contribution in [0.2, 0.25) is 5.02 Å². The monoisotopic (exact) mass is 741 g/mol. The quantitative estimate of drug-likeness (QED) is 0.170. The first-order chi connectivity index (χ1) is 25.8. The zero-order valence-corrected chi connectivity index (χ0v) is 32.1. The van der Waals surface area contributed by atoms with Crippen LogP contribution in [0.5, 0.6) is 6.01 Å². The van der Waals surface area contributed by atoms with E-state index in [-0.39, 0.29) is 29.2 Å². The molecule has 3 unspecified atom stereocenters. The number of pyridine rings is 1. The minimum atomic E-state index is -0.505. The maximum atomic E-state index is 16.0. The summed E-state index contributed by atoms with van der Waals surface area (Å²) in [6.07, 6.45) is 5.71. The lowest BCUT2D eigenvalue weighted by Gasteiger charge is -2.34. The number of benzene rings is 3. The molecule has 0 radical (unpaired) electrons. The van der Waals surface area contributed by atoms with Gasteiger partial charge in [0.25, 0.3) is 5.91 Å². The highest BCUT2D eigenvalue weighted by Gasteiger charge is 2.34. The number of hydrogen-bond acceptors (Lipinski definition) is 9.